The van der Waals surface area contributed by atoms with Crippen molar-refractivity contribution in [1.82, 2.24) is 4.90 Å². The van der Waals surface area contributed by atoms with Crippen LogP contribution < -0.4 is 16.0 Å². The van der Waals surface area contributed by atoms with Gasteiger partial charge >= 0.3 is 0 Å². The van der Waals surface area contributed by atoms with Crippen LogP contribution in [0.5, 0.6) is 0 Å². The number of benzene rings is 2. The molecule has 0 aromatic heterocycles. The number of para-hydroxylation sites is 2. The van der Waals surface area contributed by atoms with Crippen molar-refractivity contribution in [3.63, 3.8) is 0 Å². The van der Waals surface area contributed by atoms with Crippen LogP contribution in [0.3, 0.4) is 0 Å². The van der Waals surface area contributed by atoms with Gasteiger partial charge in [0.1, 0.15) is 0 Å². The minimum Gasteiger partial charge on any atom is -0.370 e. The Bertz CT molecular complexity index is 717. The lowest BCUT2D eigenvalue weighted by molar-refractivity contribution is 0.256. The molecule has 1 fully saturated rings. The van der Waals surface area contributed by atoms with E-state index in [4.69, 9.17) is 17.3 Å². The van der Waals surface area contributed by atoms with Crippen molar-refractivity contribution in [2.45, 2.75) is 6.42 Å². The standard InChI is InChI=1S/C20H26ClN5.HI/c21-18-9-4-5-10-19(18)26-15-13-25(14-16-26)12-6-11-23-20(22)24-17-7-2-1-3-8-17;/h1-5,7-10H,6,11-16H2,(H3,22,23,24);1H. The predicted molar refractivity (Wildman–Crippen MR) is 127 cm³/mol. The number of anilines is 2. The molecule has 0 unspecified atom stereocenters. The third-order valence-electron chi connectivity index (χ3n) is 4.53. The first kappa shape index (κ1) is 21.8. The Morgan fingerprint density at radius 2 is 1.67 bits per heavy atom. The van der Waals surface area contributed by atoms with Gasteiger partial charge in [0.05, 0.1) is 10.7 Å². The summed E-state index contributed by atoms with van der Waals surface area (Å²) in [6.07, 6.45) is 1.00. The highest BCUT2D eigenvalue weighted by atomic mass is 127. The highest BCUT2D eigenvalue weighted by Gasteiger charge is 2.18. The van der Waals surface area contributed by atoms with Crippen LogP contribution in [-0.4, -0.2) is 50.1 Å². The minimum absolute atomic E-state index is 0. The Morgan fingerprint density at radius 3 is 2.37 bits per heavy atom. The molecule has 1 heterocycles. The van der Waals surface area contributed by atoms with Gasteiger partial charge in [0, 0.05) is 45.0 Å². The highest BCUT2D eigenvalue weighted by Crippen LogP contribution is 2.25. The summed E-state index contributed by atoms with van der Waals surface area (Å²) in [5.41, 5.74) is 8.03. The van der Waals surface area contributed by atoms with E-state index >= 15 is 0 Å². The second-order valence-electron chi connectivity index (χ2n) is 6.39. The molecule has 1 saturated heterocycles. The zero-order valence-corrected chi connectivity index (χ0v) is 18.4. The number of nitrogens with two attached hydrogens (primary N) is 1. The number of hydrogen-bond acceptors (Lipinski definition) is 3. The van der Waals surface area contributed by atoms with Crippen LogP contribution in [0.25, 0.3) is 0 Å². The lowest BCUT2D eigenvalue weighted by Crippen LogP contribution is -2.46. The molecule has 7 heteroatoms. The summed E-state index contributed by atoms with van der Waals surface area (Å²) >= 11 is 6.30. The first-order chi connectivity index (χ1) is 12.7. The molecule has 2 aromatic rings. The maximum absolute atomic E-state index is 6.30. The molecule has 5 nitrogen and oxygen atoms in total. The fourth-order valence-electron chi connectivity index (χ4n) is 3.12. The maximum atomic E-state index is 6.30. The Labute approximate surface area is 183 Å². The van der Waals surface area contributed by atoms with E-state index < -0.39 is 0 Å². The number of piperazine rings is 1. The molecule has 1 aliphatic heterocycles. The quantitative estimate of drug-likeness (QED) is 0.274. The first-order valence-electron chi connectivity index (χ1n) is 9.06. The van der Waals surface area contributed by atoms with Crippen LogP contribution in [-0.2, 0) is 0 Å². The Kier molecular flexibility index (Phi) is 9.17. The SMILES string of the molecule is I.NC(=NCCCN1CCN(c2ccccc2Cl)CC1)Nc1ccccc1. The van der Waals surface area contributed by atoms with E-state index in [-0.39, 0.29) is 24.0 Å². The molecule has 0 saturated carbocycles. The van der Waals surface area contributed by atoms with Gasteiger partial charge in [-0.1, -0.05) is 41.9 Å². The average Bonchev–Trinajstić information content (AvgIpc) is 2.67. The predicted octanol–water partition coefficient (Wildman–Crippen LogP) is 3.90. The van der Waals surface area contributed by atoms with Crippen molar-refractivity contribution >= 4 is 52.9 Å². The monoisotopic (exact) mass is 499 g/mol. The molecule has 0 aliphatic carbocycles. The summed E-state index contributed by atoms with van der Waals surface area (Å²) in [6.45, 7) is 5.88. The smallest absolute Gasteiger partial charge is 0.193 e. The third-order valence-corrected chi connectivity index (χ3v) is 4.85. The summed E-state index contributed by atoms with van der Waals surface area (Å²) in [4.78, 5) is 9.24. The zero-order chi connectivity index (χ0) is 18.2. The second kappa shape index (κ2) is 11.4. The van der Waals surface area contributed by atoms with Crippen LogP contribution in [0.1, 0.15) is 6.42 Å². The number of rotatable bonds is 6. The zero-order valence-electron chi connectivity index (χ0n) is 15.4. The summed E-state index contributed by atoms with van der Waals surface area (Å²) in [6, 6.07) is 17.9. The van der Waals surface area contributed by atoms with Crippen LogP contribution in [0.4, 0.5) is 11.4 Å². The molecule has 2 aromatic carbocycles. The fourth-order valence-corrected chi connectivity index (χ4v) is 3.38. The van der Waals surface area contributed by atoms with Gasteiger partial charge in [-0.2, -0.15) is 0 Å². The molecule has 1 aliphatic rings. The molecule has 3 rings (SSSR count). The molecule has 3 N–H and O–H groups in total. The summed E-state index contributed by atoms with van der Waals surface area (Å²) in [5, 5.41) is 3.93. The summed E-state index contributed by atoms with van der Waals surface area (Å²) < 4.78 is 0. The molecule has 0 spiro atoms. The van der Waals surface area contributed by atoms with Gasteiger partial charge in [-0.05, 0) is 30.7 Å². The molecular formula is C20H27ClIN5. The lowest BCUT2D eigenvalue weighted by Gasteiger charge is -2.36. The van der Waals surface area contributed by atoms with E-state index in [2.05, 4.69) is 26.2 Å². The number of guanidine groups is 1. The van der Waals surface area contributed by atoms with Gasteiger partial charge in [-0.3, -0.25) is 9.89 Å². The van der Waals surface area contributed by atoms with Gasteiger partial charge in [0.15, 0.2) is 5.96 Å². The fraction of sp³-hybridized carbons (Fsp3) is 0.350. The van der Waals surface area contributed by atoms with Crippen molar-refractivity contribution in [2.24, 2.45) is 10.7 Å². The Morgan fingerprint density at radius 1 is 1.00 bits per heavy atom. The highest BCUT2D eigenvalue weighted by molar-refractivity contribution is 14.0. The first-order valence-corrected chi connectivity index (χ1v) is 9.44. The van der Waals surface area contributed by atoms with Crippen LogP contribution in [0.2, 0.25) is 5.02 Å². The normalized spacial score (nSPS) is 15.3. The van der Waals surface area contributed by atoms with Crippen LogP contribution in [0.15, 0.2) is 59.6 Å². The van der Waals surface area contributed by atoms with Gasteiger partial charge in [-0.25, -0.2) is 0 Å². The molecule has 0 bridgehead atoms. The van der Waals surface area contributed by atoms with E-state index in [0.717, 1.165) is 62.1 Å². The average molecular weight is 500 g/mol. The molecule has 146 valence electrons. The van der Waals surface area contributed by atoms with Crippen LogP contribution >= 0.6 is 35.6 Å². The topological polar surface area (TPSA) is 56.9 Å². The Balaban J connectivity index is 0.00000261. The van der Waals surface area contributed by atoms with E-state index in [1.165, 1.54) is 0 Å². The van der Waals surface area contributed by atoms with Gasteiger partial charge in [-0.15, -0.1) is 24.0 Å². The molecule has 0 amide bonds. The van der Waals surface area contributed by atoms with Crippen molar-refractivity contribution in [3.8, 4) is 0 Å². The molecule has 0 radical (unpaired) electrons. The third kappa shape index (κ3) is 6.86. The number of nitrogens with one attached hydrogen (secondary N) is 1. The molecular weight excluding hydrogens is 473 g/mol. The van der Waals surface area contributed by atoms with E-state index in [9.17, 15) is 0 Å². The largest absolute Gasteiger partial charge is 0.370 e. The van der Waals surface area contributed by atoms with Gasteiger partial charge < -0.3 is 16.0 Å². The minimum atomic E-state index is 0. The Hall–Kier alpha value is -1.51. The number of aliphatic imine (C=N–C) groups is 1. The number of hydrogen-bond donors (Lipinski definition) is 2. The second-order valence-corrected chi connectivity index (χ2v) is 6.80. The lowest BCUT2D eigenvalue weighted by atomic mass is 10.2. The maximum Gasteiger partial charge on any atom is 0.193 e. The number of halogens is 2. The van der Waals surface area contributed by atoms with E-state index in [0.29, 0.717) is 5.96 Å². The van der Waals surface area contributed by atoms with Crippen molar-refractivity contribution in [1.29, 1.82) is 0 Å². The summed E-state index contributed by atoms with van der Waals surface area (Å²) in [7, 11) is 0. The number of nitrogens with zero attached hydrogens (tertiary/aromatic N) is 3. The van der Waals surface area contributed by atoms with E-state index in [1.54, 1.807) is 0 Å². The van der Waals surface area contributed by atoms with Crippen molar-refractivity contribution < 1.29 is 0 Å². The molecule has 0 atom stereocenters. The van der Waals surface area contributed by atoms with Crippen molar-refractivity contribution in [3.05, 3.63) is 59.6 Å². The van der Waals surface area contributed by atoms with Gasteiger partial charge in [0.2, 0.25) is 0 Å². The van der Waals surface area contributed by atoms with E-state index in [1.807, 2.05) is 48.5 Å². The van der Waals surface area contributed by atoms with Gasteiger partial charge in [0.25, 0.3) is 0 Å². The van der Waals surface area contributed by atoms with Crippen LogP contribution in [0, 0.1) is 0 Å². The molecule has 27 heavy (non-hydrogen) atoms. The van der Waals surface area contributed by atoms with Crippen molar-refractivity contribution in [2.75, 3.05) is 49.5 Å². The summed E-state index contributed by atoms with van der Waals surface area (Å²) in [5.74, 6) is 0.472.